The Morgan fingerprint density at radius 1 is 1.17 bits per heavy atom. The first-order valence-corrected chi connectivity index (χ1v) is 12.5. The SMILES string of the molecule is CC(C)CC(=O)Cn1c(-c2cccc(C#N)c2)nn(-c2ccc(CCN3CC4(COC4)C3)cc2)c1=O. The Morgan fingerprint density at radius 2 is 1.92 bits per heavy atom. The van der Waals surface area contributed by atoms with Crippen LogP contribution in [0.25, 0.3) is 17.1 Å². The van der Waals surface area contributed by atoms with Crippen molar-refractivity contribution in [1.29, 1.82) is 5.26 Å². The van der Waals surface area contributed by atoms with Crippen molar-refractivity contribution in [1.82, 2.24) is 19.2 Å². The number of likely N-dealkylation sites (tertiary alicyclic amines) is 1. The minimum Gasteiger partial charge on any atom is -0.380 e. The zero-order valence-electron chi connectivity index (χ0n) is 20.8. The number of hydrogen-bond donors (Lipinski definition) is 0. The maximum absolute atomic E-state index is 13.4. The predicted octanol–water partition coefficient (Wildman–Crippen LogP) is 3.06. The molecule has 2 aromatic carbocycles. The van der Waals surface area contributed by atoms with Gasteiger partial charge in [-0.2, -0.15) is 9.94 Å². The van der Waals surface area contributed by atoms with Gasteiger partial charge in [0, 0.05) is 37.0 Å². The predicted molar refractivity (Wildman–Crippen MR) is 136 cm³/mol. The van der Waals surface area contributed by atoms with E-state index in [0.29, 0.717) is 34.5 Å². The van der Waals surface area contributed by atoms with Crippen LogP contribution in [-0.2, 0) is 22.5 Å². The second kappa shape index (κ2) is 9.84. The number of ether oxygens (including phenoxy) is 1. The molecule has 0 unspecified atom stereocenters. The zero-order chi connectivity index (χ0) is 25.3. The number of nitrogens with zero attached hydrogens (tertiary/aromatic N) is 5. The van der Waals surface area contributed by atoms with E-state index < -0.39 is 0 Å². The summed E-state index contributed by atoms with van der Waals surface area (Å²) in [5.41, 5.74) is 2.99. The Labute approximate surface area is 210 Å². The summed E-state index contributed by atoms with van der Waals surface area (Å²) in [6.45, 7) is 8.93. The van der Waals surface area contributed by atoms with E-state index in [1.54, 1.807) is 24.3 Å². The van der Waals surface area contributed by atoms with Crippen LogP contribution in [0.3, 0.4) is 0 Å². The van der Waals surface area contributed by atoms with Gasteiger partial charge in [-0.1, -0.05) is 38.1 Å². The van der Waals surface area contributed by atoms with Crippen LogP contribution in [0.1, 0.15) is 31.4 Å². The standard InChI is InChI=1S/C28H31N5O3/c1-20(2)12-25(34)15-32-26(23-5-3-4-22(13-23)14-29)30-33(27(32)35)24-8-6-21(7-9-24)10-11-31-16-28(17-31)18-36-19-28/h3-9,13,20H,10-12,15-19H2,1-2H3. The lowest BCUT2D eigenvalue weighted by Gasteiger charge is -2.55. The third kappa shape index (κ3) is 4.90. The minimum atomic E-state index is -0.370. The Morgan fingerprint density at radius 3 is 2.56 bits per heavy atom. The lowest BCUT2D eigenvalue weighted by atomic mass is 9.78. The largest absolute Gasteiger partial charge is 0.380 e. The van der Waals surface area contributed by atoms with Gasteiger partial charge in [0.2, 0.25) is 0 Å². The first kappa shape index (κ1) is 24.2. The van der Waals surface area contributed by atoms with Crippen LogP contribution in [0.2, 0.25) is 0 Å². The second-order valence-electron chi connectivity index (χ2n) is 10.6. The summed E-state index contributed by atoms with van der Waals surface area (Å²) in [6.07, 6.45) is 1.33. The molecule has 3 aromatic rings. The highest BCUT2D eigenvalue weighted by Gasteiger charge is 2.48. The van der Waals surface area contributed by atoms with E-state index in [0.717, 1.165) is 39.3 Å². The molecule has 0 saturated carbocycles. The van der Waals surface area contributed by atoms with Gasteiger partial charge in [-0.3, -0.25) is 9.36 Å². The third-order valence-corrected chi connectivity index (χ3v) is 6.91. The van der Waals surface area contributed by atoms with Crippen molar-refractivity contribution in [2.75, 3.05) is 32.8 Å². The van der Waals surface area contributed by atoms with E-state index >= 15 is 0 Å². The molecule has 0 radical (unpaired) electrons. The number of nitriles is 1. The highest BCUT2D eigenvalue weighted by atomic mass is 16.5. The third-order valence-electron chi connectivity index (χ3n) is 6.91. The van der Waals surface area contributed by atoms with Gasteiger partial charge in [-0.25, -0.2) is 4.79 Å². The number of carbonyl (C=O) groups is 1. The van der Waals surface area contributed by atoms with E-state index in [9.17, 15) is 14.9 Å². The molecule has 0 atom stereocenters. The molecule has 5 rings (SSSR count). The molecule has 1 spiro atoms. The first-order chi connectivity index (χ1) is 17.4. The maximum atomic E-state index is 13.4. The van der Waals surface area contributed by atoms with Crippen LogP contribution in [0.15, 0.2) is 53.3 Å². The first-order valence-electron chi connectivity index (χ1n) is 12.5. The maximum Gasteiger partial charge on any atom is 0.351 e. The number of aromatic nitrogens is 3. The van der Waals surface area contributed by atoms with Crippen LogP contribution in [0, 0.1) is 22.7 Å². The van der Waals surface area contributed by atoms with Gasteiger partial charge in [-0.05, 0) is 42.2 Å². The van der Waals surface area contributed by atoms with E-state index in [1.807, 2.05) is 38.1 Å². The van der Waals surface area contributed by atoms with Crippen LogP contribution >= 0.6 is 0 Å². The van der Waals surface area contributed by atoms with Gasteiger partial charge in [0.1, 0.15) is 0 Å². The fraction of sp³-hybridized carbons (Fsp3) is 0.429. The van der Waals surface area contributed by atoms with Crippen molar-refractivity contribution >= 4 is 5.78 Å². The molecule has 0 N–H and O–H groups in total. The Bertz CT molecular complexity index is 1350. The normalized spacial score (nSPS) is 16.5. The van der Waals surface area contributed by atoms with Crippen LogP contribution < -0.4 is 5.69 Å². The molecule has 8 heteroatoms. The molecular formula is C28H31N5O3. The van der Waals surface area contributed by atoms with Crippen LogP contribution in [0.5, 0.6) is 0 Å². The number of ketones is 1. The summed E-state index contributed by atoms with van der Waals surface area (Å²) in [5.74, 6) is 0.552. The fourth-order valence-corrected chi connectivity index (χ4v) is 5.07. The van der Waals surface area contributed by atoms with Crippen molar-refractivity contribution in [3.63, 3.8) is 0 Å². The summed E-state index contributed by atoms with van der Waals surface area (Å²) in [7, 11) is 0. The lowest BCUT2D eigenvalue weighted by molar-refractivity contribution is -0.188. The van der Waals surface area contributed by atoms with Crippen molar-refractivity contribution in [2.45, 2.75) is 33.2 Å². The second-order valence-corrected chi connectivity index (χ2v) is 10.6. The molecular weight excluding hydrogens is 454 g/mol. The molecule has 2 fully saturated rings. The van der Waals surface area contributed by atoms with Gasteiger partial charge in [0.25, 0.3) is 0 Å². The lowest BCUT2D eigenvalue weighted by Crippen LogP contribution is -2.66. The van der Waals surface area contributed by atoms with E-state index in [4.69, 9.17) is 4.74 Å². The zero-order valence-corrected chi connectivity index (χ0v) is 20.8. The average Bonchev–Trinajstić information content (AvgIpc) is 3.13. The van der Waals surface area contributed by atoms with Crippen molar-refractivity contribution in [3.8, 4) is 23.1 Å². The van der Waals surface area contributed by atoms with Crippen molar-refractivity contribution in [2.24, 2.45) is 11.3 Å². The van der Waals surface area contributed by atoms with E-state index in [2.05, 4.69) is 16.1 Å². The average molecular weight is 486 g/mol. The highest BCUT2D eigenvalue weighted by Crippen LogP contribution is 2.37. The number of Topliss-reactive ketones (excluding diaryl/α,β-unsaturated/α-hetero) is 1. The quantitative estimate of drug-likeness (QED) is 0.463. The van der Waals surface area contributed by atoms with Gasteiger partial charge in [0.15, 0.2) is 11.6 Å². The number of carbonyl (C=O) groups excluding carboxylic acids is 1. The number of hydrogen-bond acceptors (Lipinski definition) is 6. The van der Waals surface area contributed by atoms with E-state index in [1.165, 1.54) is 14.8 Å². The van der Waals surface area contributed by atoms with Gasteiger partial charge in [0.05, 0.1) is 37.1 Å². The molecule has 1 aromatic heterocycles. The van der Waals surface area contributed by atoms with Crippen LogP contribution in [0.4, 0.5) is 0 Å². The molecule has 8 nitrogen and oxygen atoms in total. The monoisotopic (exact) mass is 485 g/mol. The van der Waals surface area contributed by atoms with Crippen LogP contribution in [-0.4, -0.2) is 57.9 Å². The van der Waals surface area contributed by atoms with Gasteiger partial charge < -0.3 is 9.64 Å². The summed E-state index contributed by atoms with van der Waals surface area (Å²) in [5, 5.41) is 13.9. The highest BCUT2D eigenvalue weighted by molar-refractivity contribution is 5.79. The number of benzene rings is 2. The summed E-state index contributed by atoms with van der Waals surface area (Å²) >= 11 is 0. The molecule has 3 heterocycles. The summed E-state index contributed by atoms with van der Waals surface area (Å²) in [6, 6.07) is 16.9. The van der Waals surface area contributed by atoms with Gasteiger partial charge in [-0.15, -0.1) is 5.10 Å². The Balaban J connectivity index is 1.37. The molecule has 0 aliphatic carbocycles. The number of rotatable bonds is 9. The molecule has 36 heavy (non-hydrogen) atoms. The summed E-state index contributed by atoms with van der Waals surface area (Å²) in [4.78, 5) is 28.5. The minimum absolute atomic E-state index is 0.0269. The molecule has 0 bridgehead atoms. The molecule has 2 saturated heterocycles. The Hall–Kier alpha value is -3.54. The smallest absolute Gasteiger partial charge is 0.351 e. The molecule has 186 valence electrons. The molecule has 2 aliphatic rings. The van der Waals surface area contributed by atoms with Gasteiger partial charge >= 0.3 is 5.69 Å². The Kier molecular flexibility index (Phi) is 6.61. The molecule has 2 aliphatic heterocycles. The van der Waals surface area contributed by atoms with E-state index in [-0.39, 0.29) is 23.9 Å². The topological polar surface area (TPSA) is 93.2 Å². The summed E-state index contributed by atoms with van der Waals surface area (Å²) < 4.78 is 8.11. The van der Waals surface area contributed by atoms with Crippen molar-refractivity contribution < 1.29 is 9.53 Å². The molecule has 0 amide bonds. The fourth-order valence-electron chi connectivity index (χ4n) is 5.07. The van der Waals surface area contributed by atoms with Crippen molar-refractivity contribution in [3.05, 3.63) is 70.1 Å².